The maximum atomic E-state index is 12.4. The van der Waals surface area contributed by atoms with Crippen LogP contribution >= 0.6 is 0 Å². The standard InChI is InChI=1S/C24H29NO4/c1-25(14-17-4-6-20-12-22(28-2)8-7-18(20)11-17)23(26)15-29-24(27)13-21-10-16-3-5-19(21)9-16/h4,6-8,11-12,16,19,21H,3,5,9-10,13-15H2,1-2H3/t16-,19-,21-/m1/s1. The molecule has 0 heterocycles. The van der Waals surface area contributed by atoms with Gasteiger partial charge in [-0.25, -0.2) is 0 Å². The number of hydrogen-bond acceptors (Lipinski definition) is 4. The minimum absolute atomic E-state index is 0.180. The normalized spacial score (nSPS) is 22.6. The summed E-state index contributed by atoms with van der Waals surface area (Å²) in [6.45, 7) is 0.297. The van der Waals surface area contributed by atoms with Gasteiger partial charge in [0.15, 0.2) is 6.61 Å². The summed E-state index contributed by atoms with van der Waals surface area (Å²) in [5.41, 5.74) is 1.03. The number of esters is 1. The first kappa shape index (κ1) is 19.7. The number of carbonyl (C=O) groups excluding carboxylic acids is 2. The lowest BCUT2D eigenvalue weighted by Gasteiger charge is -2.21. The highest BCUT2D eigenvalue weighted by atomic mass is 16.5. The summed E-state index contributed by atoms with van der Waals surface area (Å²) in [5, 5.41) is 2.19. The Morgan fingerprint density at radius 1 is 1.07 bits per heavy atom. The fourth-order valence-electron chi connectivity index (χ4n) is 5.01. The van der Waals surface area contributed by atoms with Gasteiger partial charge in [-0.05, 0) is 71.6 Å². The lowest BCUT2D eigenvalue weighted by Crippen LogP contribution is -2.31. The van der Waals surface area contributed by atoms with Gasteiger partial charge in [-0.2, -0.15) is 0 Å². The Labute approximate surface area is 172 Å². The van der Waals surface area contributed by atoms with Crippen molar-refractivity contribution in [3.63, 3.8) is 0 Å². The van der Waals surface area contributed by atoms with Crippen LogP contribution in [0.4, 0.5) is 0 Å². The number of rotatable bonds is 7. The molecule has 29 heavy (non-hydrogen) atoms. The zero-order chi connectivity index (χ0) is 20.4. The molecular weight excluding hydrogens is 366 g/mol. The van der Waals surface area contributed by atoms with Gasteiger partial charge in [0, 0.05) is 20.0 Å². The quantitative estimate of drug-likeness (QED) is 0.660. The number of nitrogens with zero attached hydrogens (tertiary/aromatic N) is 1. The number of likely N-dealkylation sites (N-methyl/N-ethyl adjacent to an activating group) is 1. The van der Waals surface area contributed by atoms with E-state index < -0.39 is 0 Å². The number of fused-ring (bicyclic) bond motifs is 3. The molecule has 0 aromatic heterocycles. The lowest BCUT2D eigenvalue weighted by molar-refractivity contribution is -0.152. The third kappa shape index (κ3) is 4.55. The Hall–Kier alpha value is -2.56. The van der Waals surface area contributed by atoms with Crippen molar-refractivity contribution in [3.05, 3.63) is 42.0 Å². The Kier molecular flexibility index (Phi) is 5.74. The molecule has 0 radical (unpaired) electrons. The minimum atomic E-state index is -0.232. The summed E-state index contributed by atoms with van der Waals surface area (Å²) in [4.78, 5) is 26.2. The van der Waals surface area contributed by atoms with Gasteiger partial charge in [-0.1, -0.05) is 24.6 Å². The van der Waals surface area contributed by atoms with Crippen LogP contribution in [0.15, 0.2) is 36.4 Å². The van der Waals surface area contributed by atoms with E-state index in [9.17, 15) is 9.59 Å². The molecule has 1 amide bonds. The SMILES string of the molecule is COc1ccc2cc(CN(C)C(=O)COC(=O)C[C@H]3C[C@@H]4CC[C@@H]3C4)ccc2c1. The van der Waals surface area contributed by atoms with E-state index in [-0.39, 0.29) is 18.5 Å². The van der Waals surface area contributed by atoms with E-state index in [1.165, 1.54) is 19.3 Å². The second-order valence-corrected chi connectivity index (χ2v) is 8.60. The molecule has 5 heteroatoms. The molecule has 5 nitrogen and oxygen atoms in total. The van der Waals surface area contributed by atoms with E-state index >= 15 is 0 Å². The van der Waals surface area contributed by atoms with Crippen molar-refractivity contribution in [3.8, 4) is 5.75 Å². The van der Waals surface area contributed by atoms with Crippen molar-refractivity contribution in [2.45, 2.75) is 38.6 Å². The van der Waals surface area contributed by atoms with Gasteiger partial charge in [0.1, 0.15) is 5.75 Å². The zero-order valence-electron chi connectivity index (χ0n) is 17.2. The maximum absolute atomic E-state index is 12.4. The highest BCUT2D eigenvalue weighted by Crippen LogP contribution is 2.49. The summed E-state index contributed by atoms with van der Waals surface area (Å²) < 4.78 is 10.5. The molecule has 2 bridgehead atoms. The molecule has 154 valence electrons. The molecule has 0 spiro atoms. The smallest absolute Gasteiger partial charge is 0.306 e. The van der Waals surface area contributed by atoms with Crippen LogP contribution in [0.25, 0.3) is 10.8 Å². The molecule has 3 atom stereocenters. The van der Waals surface area contributed by atoms with Gasteiger partial charge in [0.05, 0.1) is 7.11 Å². The highest BCUT2D eigenvalue weighted by Gasteiger charge is 2.40. The van der Waals surface area contributed by atoms with E-state index in [4.69, 9.17) is 9.47 Å². The zero-order valence-corrected chi connectivity index (χ0v) is 17.2. The summed E-state index contributed by atoms with van der Waals surface area (Å²) in [6.07, 6.45) is 5.47. The van der Waals surface area contributed by atoms with Gasteiger partial charge < -0.3 is 14.4 Å². The van der Waals surface area contributed by atoms with Crippen LogP contribution in [0.1, 0.15) is 37.7 Å². The first-order chi connectivity index (χ1) is 14.0. The van der Waals surface area contributed by atoms with Crippen LogP contribution in [-0.4, -0.2) is 37.5 Å². The predicted molar refractivity (Wildman–Crippen MR) is 111 cm³/mol. The van der Waals surface area contributed by atoms with E-state index in [2.05, 4.69) is 6.07 Å². The second kappa shape index (κ2) is 8.44. The van der Waals surface area contributed by atoms with Crippen molar-refractivity contribution < 1.29 is 19.1 Å². The van der Waals surface area contributed by atoms with E-state index in [0.29, 0.717) is 24.8 Å². The van der Waals surface area contributed by atoms with Crippen LogP contribution in [-0.2, 0) is 20.9 Å². The van der Waals surface area contributed by atoms with Gasteiger partial charge in [-0.15, -0.1) is 0 Å². The average molecular weight is 395 g/mol. The topological polar surface area (TPSA) is 55.8 Å². The number of benzene rings is 2. The molecular formula is C24H29NO4. The molecule has 2 aromatic rings. The monoisotopic (exact) mass is 395 g/mol. The first-order valence-electron chi connectivity index (χ1n) is 10.5. The molecule has 2 aliphatic carbocycles. The Bertz CT molecular complexity index is 909. The average Bonchev–Trinajstić information content (AvgIpc) is 3.34. The predicted octanol–water partition coefficient (Wildman–Crippen LogP) is 4.18. The molecule has 4 rings (SSSR count). The summed E-state index contributed by atoms with van der Waals surface area (Å²) in [6, 6.07) is 12.0. The largest absolute Gasteiger partial charge is 0.497 e. The van der Waals surface area contributed by atoms with Gasteiger partial charge in [-0.3, -0.25) is 9.59 Å². The third-order valence-corrected chi connectivity index (χ3v) is 6.63. The number of amides is 1. The number of methoxy groups -OCH3 is 1. The van der Waals surface area contributed by atoms with Crippen LogP contribution in [0, 0.1) is 17.8 Å². The number of ether oxygens (including phenoxy) is 2. The molecule has 0 unspecified atom stereocenters. The van der Waals surface area contributed by atoms with E-state index in [1.54, 1.807) is 19.1 Å². The number of hydrogen-bond donors (Lipinski definition) is 0. The van der Waals surface area contributed by atoms with Crippen molar-refractivity contribution in [2.24, 2.45) is 17.8 Å². The van der Waals surface area contributed by atoms with Crippen molar-refractivity contribution in [1.29, 1.82) is 0 Å². The summed E-state index contributed by atoms with van der Waals surface area (Å²) in [7, 11) is 3.39. The summed E-state index contributed by atoms with van der Waals surface area (Å²) >= 11 is 0. The molecule has 0 N–H and O–H groups in total. The Morgan fingerprint density at radius 2 is 1.86 bits per heavy atom. The minimum Gasteiger partial charge on any atom is -0.497 e. The third-order valence-electron chi connectivity index (χ3n) is 6.63. The van der Waals surface area contributed by atoms with Gasteiger partial charge in [0.25, 0.3) is 5.91 Å². The van der Waals surface area contributed by atoms with Crippen LogP contribution < -0.4 is 4.74 Å². The molecule has 0 aliphatic heterocycles. The maximum Gasteiger partial charge on any atom is 0.306 e. The van der Waals surface area contributed by atoms with Crippen molar-refractivity contribution >= 4 is 22.6 Å². The van der Waals surface area contributed by atoms with Crippen molar-refractivity contribution in [1.82, 2.24) is 4.90 Å². The Balaban J connectivity index is 1.26. The lowest BCUT2D eigenvalue weighted by atomic mass is 9.86. The van der Waals surface area contributed by atoms with Gasteiger partial charge >= 0.3 is 5.97 Å². The highest BCUT2D eigenvalue weighted by molar-refractivity contribution is 5.85. The van der Waals surface area contributed by atoms with Crippen LogP contribution in [0.3, 0.4) is 0 Å². The molecule has 2 aromatic carbocycles. The first-order valence-corrected chi connectivity index (χ1v) is 10.5. The van der Waals surface area contributed by atoms with E-state index in [1.807, 2.05) is 30.3 Å². The molecule has 0 saturated heterocycles. The molecule has 2 saturated carbocycles. The second-order valence-electron chi connectivity index (χ2n) is 8.60. The van der Waals surface area contributed by atoms with Crippen LogP contribution in [0.2, 0.25) is 0 Å². The summed E-state index contributed by atoms with van der Waals surface area (Å²) in [5.74, 6) is 2.38. The van der Waals surface area contributed by atoms with Crippen molar-refractivity contribution in [2.75, 3.05) is 20.8 Å². The van der Waals surface area contributed by atoms with Gasteiger partial charge in [0.2, 0.25) is 0 Å². The molecule has 2 fully saturated rings. The molecule has 2 aliphatic rings. The fourth-order valence-corrected chi connectivity index (χ4v) is 5.01. The Morgan fingerprint density at radius 3 is 2.59 bits per heavy atom. The van der Waals surface area contributed by atoms with E-state index in [0.717, 1.165) is 34.4 Å². The fraction of sp³-hybridized carbons (Fsp3) is 0.500. The van der Waals surface area contributed by atoms with Crippen LogP contribution in [0.5, 0.6) is 5.75 Å². The number of carbonyl (C=O) groups is 2.